The lowest BCUT2D eigenvalue weighted by Crippen LogP contribution is -2.57. The van der Waals surface area contributed by atoms with Gasteiger partial charge in [-0.2, -0.15) is 0 Å². The van der Waals surface area contributed by atoms with Crippen molar-refractivity contribution in [2.45, 2.75) is 142 Å². The van der Waals surface area contributed by atoms with Gasteiger partial charge in [0.25, 0.3) is 0 Å². The van der Waals surface area contributed by atoms with Gasteiger partial charge in [-0.1, -0.05) is 115 Å². The maximum Gasteiger partial charge on any atom is 0.326 e. The number of unbranched alkanes of at least 4 members (excludes halogenated alkanes) is 10. The lowest BCUT2D eigenvalue weighted by atomic mass is 9.99. The van der Waals surface area contributed by atoms with Crippen molar-refractivity contribution in [3.63, 3.8) is 0 Å². The fourth-order valence-corrected chi connectivity index (χ4v) is 5.35. The third kappa shape index (κ3) is 17.6. The average Bonchev–Trinajstić information content (AvgIpc) is 2.99. The molecule has 254 valence electrons. The first-order valence-electron chi connectivity index (χ1n) is 16.8. The molecule has 45 heavy (non-hydrogen) atoms. The fourth-order valence-electron chi connectivity index (χ4n) is 5.35. The summed E-state index contributed by atoms with van der Waals surface area (Å²) in [6.07, 6.45) is 12.7. The van der Waals surface area contributed by atoms with Crippen molar-refractivity contribution in [3.05, 3.63) is 35.9 Å². The van der Waals surface area contributed by atoms with Crippen LogP contribution < -0.4 is 10.6 Å². The first kappa shape index (κ1) is 39.6. The first-order chi connectivity index (χ1) is 21.5. The van der Waals surface area contributed by atoms with Gasteiger partial charge < -0.3 is 25.7 Å². The third-order valence-electron chi connectivity index (χ3n) is 8.00. The monoisotopic (exact) mass is 631 g/mol. The number of carboxylic acid groups (broad SMARTS) is 2. The summed E-state index contributed by atoms with van der Waals surface area (Å²) in [6, 6.07) is 5.66. The van der Waals surface area contributed by atoms with Gasteiger partial charge in [-0.05, 0) is 30.7 Å². The van der Waals surface area contributed by atoms with Crippen molar-refractivity contribution >= 4 is 29.7 Å². The minimum Gasteiger partial charge on any atom is -0.481 e. The molecular weight excluding hydrogens is 574 g/mol. The van der Waals surface area contributed by atoms with Crippen molar-refractivity contribution in [2.75, 3.05) is 7.05 Å². The minimum absolute atomic E-state index is 0.0134. The predicted octanol–water partition coefficient (Wildman–Crippen LogP) is 5.72. The molecule has 0 aliphatic carbocycles. The summed E-state index contributed by atoms with van der Waals surface area (Å²) in [6.45, 7) is 5.94. The molecule has 0 spiro atoms. The summed E-state index contributed by atoms with van der Waals surface area (Å²) in [7, 11) is 1.41. The molecule has 3 atom stereocenters. The molecule has 0 saturated heterocycles. The Hall–Kier alpha value is -3.43. The number of aliphatic carboxylic acids is 2. The molecule has 0 saturated carbocycles. The largest absolute Gasteiger partial charge is 0.481 e. The van der Waals surface area contributed by atoms with Crippen molar-refractivity contribution in [3.8, 4) is 0 Å². The normalized spacial score (nSPS) is 13.1. The summed E-state index contributed by atoms with van der Waals surface area (Å²) in [5.74, 6) is -3.84. The zero-order valence-corrected chi connectivity index (χ0v) is 27.9. The highest BCUT2D eigenvalue weighted by Gasteiger charge is 2.34. The Kier molecular flexibility index (Phi) is 20.2. The Balaban J connectivity index is 2.84. The minimum atomic E-state index is -1.15. The number of carbonyl (C=O) groups is 5. The molecular formula is C35H57N3O7. The van der Waals surface area contributed by atoms with Crippen molar-refractivity contribution < 1.29 is 34.2 Å². The highest BCUT2D eigenvalue weighted by Crippen LogP contribution is 2.15. The average molecular weight is 632 g/mol. The summed E-state index contributed by atoms with van der Waals surface area (Å²) >= 11 is 0. The highest BCUT2D eigenvalue weighted by atomic mass is 16.4. The van der Waals surface area contributed by atoms with Gasteiger partial charge in [-0.25, -0.2) is 4.79 Å². The van der Waals surface area contributed by atoms with Crippen LogP contribution in [-0.4, -0.2) is 69.9 Å². The molecule has 0 radical (unpaired) electrons. The fraction of sp³-hybridized carbons (Fsp3) is 0.686. The van der Waals surface area contributed by atoms with Crippen LogP contribution in [0.5, 0.6) is 0 Å². The second kappa shape index (κ2) is 23.0. The molecule has 0 unspecified atom stereocenters. The molecule has 0 aliphatic rings. The van der Waals surface area contributed by atoms with E-state index in [9.17, 15) is 34.2 Å². The number of likely N-dealkylation sites (N-methyl/N-ethyl adjacent to an activating group) is 1. The number of benzene rings is 1. The van der Waals surface area contributed by atoms with Gasteiger partial charge in [0.15, 0.2) is 0 Å². The molecule has 10 nitrogen and oxygen atoms in total. The molecule has 4 N–H and O–H groups in total. The van der Waals surface area contributed by atoms with Crippen molar-refractivity contribution in [1.82, 2.24) is 15.5 Å². The molecule has 0 aliphatic heterocycles. The molecule has 10 heteroatoms. The Morgan fingerprint density at radius 3 is 1.82 bits per heavy atom. The van der Waals surface area contributed by atoms with Gasteiger partial charge in [0.2, 0.25) is 17.7 Å². The molecule has 1 rings (SSSR count). The molecule has 0 aromatic heterocycles. The number of rotatable bonds is 25. The van der Waals surface area contributed by atoms with E-state index in [2.05, 4.69) is 17.6 Å². The van der Waals surface area contributed by atoms with Crippen LogP contribution in [-0.2, 0) is 30.4 Å². The Bertz CT molecular complexity index is 1030. The lowest BCUT2D eigenvalue weighted by Gasteiger charge is -2.31. The molecule has 0 heterocycles. The van der Waals surface area contributed by atoms with Gasteiger partial charge in [-0.3, -0.25) is 19.2 Å². The Labute approximate surface area is 269 Å². The van der Waals surface area contributed by atoms with Gasteiger partial charge in [0.1, 0.15) is 18.1 Å². The third-order valence-corrected chi connectivity index (χ3v) is 8.00. The molecule has 0 fully saturated rings. The van der Waals surface area contributed by atoms with E-state index in [1.165, 1.54) is 52.0 Å². The van der Waals surface area contributed by atoms with Gasteiger partial charge in [-0.15, -0.1) is 0 Å². The SMILES string of the molecule is CCCCCCCCCCCCCC(=O)N[C@@H](CCC(=O)O)C(=O)N[C@@H](Cc1ccccc1)C(=O)N(C)[C@@H](CC(C)C)C(=O)O. The van der Waals surface area contributed by atoms with Gasteiger partial charge in [0, 0.05) is 26.3 Å². The standard InChI is InChI=1S/C35H57N3O7/c1-5-6-7-8-9-10-11-12-13-14-18-21-31(39)36-28(22-23-32(40)41)33(42)37-29(25-27-19-16-15-17-20-27)34(43)38(4)30(35(44)45)24-26(2)3/h15-17,19-20,26,28-30H,5-14,18,21-25H2,1-4H3,(H,36,39)(H,37,42)(H,40,41)(H,44,45)/t28-,29-,30-/m0/s1. The van der Waals surface area contributed by atoms with Crippen LogP contribution in [0.2, 0.25) is 0 Å². The second-order valence-electron chi connectivity index (χ2n) is 12.5. The van der Waals surface area contributed by atoms with E-state index in [4.69, 9.17) is 0 Å². The van der Waals surface area contributed by atoms with Crippen LogP contribution in [0.15, 0.2) is 30.3 Å². The Morgan fingerprint density at radius 1 is 0.756 bits per heavy atom. The number of amides is 3. The van der Waals surface area contributed by atoms with E-state index in [1.807, 2.05) is 19.9 Å². The summed E-state index contributed by atoms with van der Waals surface area (Å²) in [4.78, 5) is 64.3. The maximum absolute atomic E-state index is 13.6. The van der Waals surface area contributed by atoms with Crippen LogP contribution in [0.25, 0.3) is 0 Å². The first-order valence-corrected chi connectivity index (χ1v) is 16.8. The van der Waals surface area contributed by atoms with Crippen molar-refractivity contribution in [2.24, 2.45) is 5.92 Å². The number of carboxylic acids is 2. The zero-order valence-electron chi connectivity index (χ0n) is 27.9. The Morgan fingerprint density at radius 2 is 1.31 bits per heavy atom. The molecule has 3 amide bonds. The summed E-state index contributed by atoms with van der Waals surface area (Å²) in [5, 5.41) is 24.4. The summed E-state index contributed by atoms with van der Waals surface area (Å²) < 4.78 is 0. The van der Waals surface area contributed by atoms with Gasteiger partial charge >= 0.3 is 11.9 Å². The number of nitrogens with zero attached hydrogens (tertiary/aromatic N) is 1. The second-order valence-corrected chi connectivity index (χ2v) is 12.5. The number of carbonyl (C=O) groups excluding carboxylic acids is 3. The van der Waals surface area contributed by atoms with E-state index in [-0.39, 0.29) is 43.9 Å². The van der Waals surface area contributed by atoms with Crippen LogP contribution in [0, 0.1) is 5.92 Å². The number of nitrogens with one attached hydrogen (secondary N) is 2. The molecule has 1 aromatic rings. The van der Waals surface area contributed by atoms with E-state index in [0.29, 0.717) is 6.42 Å². The van der Waals surface area contributed by atoms with Crippen LogP contribution in [0.3, 0.4) is 0 Å². The lowest BCUT2D eigenvalue weighted by molar-refractivity contribution is -0.151. The zero-order chi connectivity index (χ0) is 33.6. The molecule has 1 aromatic carbocycles. The highest BCUT2D eigenvalue weighted by molar-refractivity contribution is 5.93. The summed E-state index contributed by atoms with van der Waals surface area (Å²) in [5.41, 5.74) is 0.753. The maximum atomic E-state index is 13.6. The number of hydrogen-bond acceptors (Lipinski definition) is 5. The number of hydrogen-bond donors (Lipinski definition) is 4. The van der Waals surface area contributed by atoms with Gasteiger partial charge in [0.05, 0.1) is 0 Å². The van der Waals surface area contributed by atoms with E-state index >= 15 is 0 Å². The predicted molar refractivity (Wildman–Crippen MR) is 176 cm³/mol. The quantitative estimate of drug-likeness (QED) is 0.101. The van der Waals surface area contributed by atoms with E-state index in [0.717, 1.165) is 29.7 Å². The smallest absolute Gasteiger partial charge is 0.326 e. The molecule has 0 bridgehead atoms. The van der Waals surface area contributed by atoms with E-state index < -0.39 is 41.9 Å². The van der Waals surface area contributed by atoms with Crippen LogP contribution in [0.1, 0.15) is 123 Å². The van der Waals surface area contributed by atoms with Crippen LogP contribution in [0.4, 0.5) is 0 Å². The van der Waals surface area contributed by atoms with Crippen LogP contribution >= 0.6 is 0 Å². The topological polar surface area (TPSA) is 153 Å². The van der Waals surface area contributed by atoms with Crippen molar-refractivity contribution in [1.29, 1.82) is 0 Å². The van der Waals surface area contributed by atoms with E-state index in [1.54, 1.807) is 24.3 Å².